The van der Waals surface area contributed by atoms with Crippen LogP contribution in [0.2, 0.25) is 0 Å². The molecule has 2 heterocycles. The Morgan fingerprint density at radius 2 is 1.81 bits per heavy atom. The van der Waals surface area contributed by atoms with E-state index in [9.17, 15) is 4.79 Å². The van der Waals surface area contributed by atoms with Crippen molar-refractivity contribution in [3.8, 4) is 5.75 Å². The molecule has 0 saturated carbocycles. The molecule has 0 spiro atoms. The van der Waals surface area contributed by atoms with Gasteiger partial charge in [0, 0.05) is 6.42 Å². The third kappa shape index (κ3) is 4.26. The maximum absolute atomic E-state index is 13.3. The number of rotatable bonds is 6. The predicted molar refractivity (Wildman–Crippen MR) is 131 cm³/mol. The maximum atomic E-state index is 13.3. The van der Waals surface area contributed by atoms with E-state index in [1.54, 1.807) is 23.5 Å². The summed E-state index contributed by atoms with van der Waals surface area (Å²) in [6, 6.07) is 25.8. The SMILES string of the molecule is COc1ccc(C2CC(c3ccccc3)=NN2C(=O)CSc2nc3ccccc3s2)cc1. The van der Waals surface area contributed by atoms with E-state index in [0.29, 0.717) is 6.42 Å². The number of amides is 1. The minimum atomic E-state index is -0.139. The lowest BCUT2D eigenvalue weighted by atomic mass is 9.98. The number of aromatic nitrogens is 1. The Bertz CT molecular complexity index is 1240. The van der Waals surface area contributed by atoms with Crippen LogP contribution in [0.5, 0.6) is 5.75 Å². The highest BCUT2D eigenvalue weighted by molar-refractivity contribution is 8.01. The third-order valence-electron chi connectivity index (χ3n) is 5.37. The standard InChI is InChI=1S/C25H21N3O2S2/c1-30-19-13-11-18(12-14-19)22-15-21(17-7-3-2-4-8-17)27-28(22)24(29)16-31-25-26-20-9-5-6-10-23(20)32-25/h2-14,22H,15-16H2,1H3. The van der Waals surface area contributed by atoms with E-state index < -0.39 is 0 Å². The van der Waals surface area contributed by atoms with E-state index in [1.165, 1.54) is 11.8 Å². The average Bonchev–Trinajstić information content (AvgIpc) is 3.48. The van der Waals surface area contributed by atoms with Gasteiger partial charge in [-0.15, -0.1) is 11.3 Å². The predicted octanol–water partition coefficient (Wildman–Crippen LogP) is 5.77. The zero-order valence-electron chi connectivity index (χ0n) is 17.5. The summed E-state index contributed by atoms with van der Waals surface area (Å²) in [5.41, 5.74) is 3.97. The molecule has 160 valence electrons. The first kappa shape index (κ1) is 20.7. The van der Waals surface area contributed by atoms with Crippen LogP contribution in [-0.2, 0) is 4.79 Å². The van der Waals surface area contributed by atoms with Crippen LogP contribution in [0.4, 0.5) is 0 Å². The molecule has 0 fully saturated rings. The Morgan fingerprint density at radius 1 is 1.06 bits per heavy atom. The normalized spacial score (nSPS) is 15.7. The Morgan fingerprint density at radius 3 is 2.56 bits per heavy atom. The monoisotopic (exact) mass is 459 g/mol. The lowest BCUT2D eigenvalue weighted by Crippen LogP contribution is -2.28. The van der Waals surface area contributed by atoms with Crippen LogP contribution in [0.25, 0.3) is 10.2 Å². The molecule has 0 radical (unpaired) electrons. The summed E-state index contributed by atoms with van der Waals surface area (Å²) < 4.78 is 7.31. The molecule has 0 aliphatic carbocycles. The Balaban J connectivity index is 1.38. The summed E-state index contributed by atoms with van der Waals surface area (Å²) in [7, 11) is 1.65. The second kappa shape index (κ2) is 9.14. The van der Waals surface area contributed by atoms with Crippen LogP contribution < -0.4 is 4.74 Å². The van der Waals surface area contributed by atoms with E-state index in [-0.39, 0.29) is 17.7 Å². The number of carbonyl (C=O) groups excluding carboxylic acids is 1. The molecule has 7 heteroatoms. The van der Waals surface area contributed by atoms with Gasteiger partial charge in [0.1, 0.15) is 5.75 Å². The molecular formula is C25H21N3O2S2. The average molecular weight is 460 g/mol. The molecule has 4 aromatic rings. The summed E-state index contributed by atoms with van der Waals surface area (Å²) in [6.07, 6.45) is 0.674. The smallest absolute Gasteiger partial charge is 0.253 e. The van der Waals surface area contributed by atoms with Gasteiger partial charge in [-0.1, -0.05) is 66.4 Å². The molecule has 5 rings (SSSR count). The van der Waals surface area contributed by atoms with Crippen molar-refractivity contribution in [1.82, 2.24) is 9.99 Å². The number of fused-ring (bicyclic) bond motifs is 1. The van der Waals surface area contributed by atoms with E-state index in [2.05, 4.69) is 11.1 Å². The fourth-order valence-electron chi connectivity index (χ4n) is 3.73. The number of hydrogen-bond acceptors (Lipinski definition) is 6. The molecule has 1 amide bonds. The molecule has 0 N–H and O–H groups in total. The van der Waals surface area contributed by atoms with E-state index in [4.69, 9.17) is 9.84 Å². The fraction of sp³-hybridized carbons (Fsp3) is 0.160. The molecule has 1 unspecified atom stereocenters. The highest BCUT2D eigenvalue weighted by Gasteiger charge is 2.33. The topological polar surface area (TPSA) is 54.8 Å². The minimum absolute atomic E-state index is 0.0268. The molecular weight excluding hydrogens is 438 g/mol. The van der Waals surface area contributed by atoms with Crippen molar-refractivity contribution in [2.75, 3.05) is 12.9 Å². The number of hydrogen-bond donors (Lipinski definition) is 0. The fourth-order valence-corrected chi connectivity index (χ4v) is 5.65. The van der Waals surface area contributed by atoms with Crippen molar-refractivity contribution in [2.24, 2.45) is 5.10 Å². The van der Waals surface area contributed by atoms with Crippen molar-refractivity contribution in [3.63, 3.8) is 0 Å². The van der Waals surface area contributed by atoms with Gasteiger partial charge in [0.25, 0.3) is 5.91 Å². The van der Waals surface area contributed by atoms with Crippen LogP contribution in [0.1, 0.15) is 23.6 Å². The molecule has 1 aliphatic heterocycles. The molecule has 5 nitrogen and oxygen atoms in total. The van der Waals surface area contributed by atoms with Crippen LogP contribution in [0.3, 0.4) is 0 Å². The number of ether oxygens (including phenoxy) is 1. The van der Waals surface area contributed by atoms with Crippen LogP contribution >= 0.6 is 23.1 Å². The lowest BCUT2D eigenvalue weighted by molar-refractivity contribution is -0.130. The van der Waals surface area contributed by atoms with Gasteiger partial charge in [-0.3, -0.25) is 4.79 Å². The van der Waals surface area contributed by atoms with Gasteiger partial charge in [0.05, 0.1) is 34.8 Å². The molecule has 0 bridgehead atoms. The number of para-hydroxylation sites is 1. The summed E-state index contributed by atoms with van der Waals surface area (Å²) in [5.74, 6) is 1.05. The van der Waals surface area contributed by atoms with Gasteiger partial charge < -0.3 is 4.74 Å². The van der Waals surface area contributed by atoms with Crippen LogP contribution in [-0.4, -0.2) is 34.5 Å². The summed E-state index contributed by atoms with van der Waals surface area (Å²) in [4.78, 5) is 17.9. The summed E-state index contributed by atoms with van der Waals surface area (Å²) in [6.45, 7) is 0. The summed E-state index contributed by atoms with van der Waals surface area (Å²) >= 11 is 3.08. The van der Waals surface area contributed by atoms with Crippen molar-refractivity contribution < 1.29 is 9.53 Å². The lowest BCUT2D eigenvalue weighted by Gasteiger charge is -2.22. The Kier molecular flexibility index (Phi) is 5.92. The van der Waals surface area contributed by atoms with Gasteiger partial charge in [-0.2, -0.15) is 5.10 Å². The molecule has 1 aromatic heterocycles. The first-order chi connectivity index (χ1) is 15.7. The first-order valence-electron chi connectivity index (χ1n) is 10.3. The molecule has 3 aromatic carbocycles. The highest BCUT2D eigenvalue weighted by Crippen LogP contribution is 2.35. The molecule has 0 saturated heterocycles. The van der Waals surface area contributed by atoms with Gasteiger partial charge in [0.2, 0.25) is 0 Å². The van der Waals surface area contributed by atoms with Crippen molar-refractivity contribution in [1.29, 1.82) is 0 Å². The highest BCUT2D eigenvalue weighted by atomic mass is 32.2. The van der Waals surface area contributed by atoms with Gasteiger partial charge in [-0.05, 0) is 35.4 Å². The summed E-state index contributed by atoms with van der Waals surface area (Å²) in [5, 5.41) is 6.40. The van der Waals surface area contributed by atoms with Crippen LogP contribution in [0.15, 0.2) is 88.3 Å². The molecule has 1 atom stereocenters. The zero-order chi connectivity index (χ0) is 21.9. The second-order valence-electron chi connectivity index (χ2n) is 7.38. The molecule has 32 heavy (non-hydrogen) atoms. The van der Waals surface area contributed by atoms with Gasteiger partial charge >= 0.3 is 0 Å². The van der Waals surface area contributed by atoms with Crippen molar-refractivity contribution >= 4 is 44.9 Å². The number of thioether (sulfide) groups is 1. The number of hydrazone groups is 1. The Labute approximate surface area is 194 Å². The van der Waals surface area contributed by atoms with E-state index >= 15 is 0 Å². The van der Waals surface area contributed by atoms with Crippen molar-refractivity contribution in [2.45, 2.75) is 16.8 Å². The Hall–Kier alpha value is -3.16. The number of benzene rings is 3. The van der Waals surface area contributed by atoms with Crippen molar-refractivity contribution in [3.05, 3.63) is 90.0 Å². The van der Waals surface area contributed by atoms with E-state index in [1.807, 2.05) is 72.8 Å². The third-order valence-corrected chi connectivity index (χ3v) is 7.53. The first-order valence-corrected chi connectivity index (χ1v) is 12.1. The number of methoxy groups -OCH3 is 1. The largest absolute Gasteiger partial charge is 0.497 e. The maximum Gasteiger partial charge on any atom is 0.253 e. The second-order valence-corrected chi connectivity index (χ2v) is 9.63. The molecule has 1 aliphatic rings. The zero-order valence-corrected chi connectivity index (χ0v) is 19.1. The van der Waals surface area contributed by atoms with E-state index in [0.717, 1.165) is 37.1 Å². The number of carbonyl (C=O) groups is 1. The number of nitrogens with zero attached hydrogens (tertiary/aromatic N) is 3. The van der Waals surface area contributed by atoms with Crippen LogP contribution in [0, 0.1) is 0 Å². The van der Waals surface area contributed by atoms with Gasteiger partial charge in [-0.25, -0.2) is 9.99 Å². The van der Waals surface area contributed by atoms with Gasteiger partial charge in [0.15, 0.2) is 4.34 Å². The minimum Gasteiger partial charge on any atom is -0.497 e. The number of thiazole rings is 1. The quantitative estimate of drug-likeness (QED) is 0.343.